The van der Waals surface area contributed by atoms with Crippen LogP contribution in [0.1, 0.15) is 10.4 Å². The maximum absolute atomic E-state index is 11.9. The second kappa shape index (κ2) is 7.10. The standard InChI is InChI=1S/C14H11ClN2O3S/c15-10-5-1-2-6-11(10)21-13-9(4-3-7-17-13)14(19)20-8-12(16)18/h1-7H,8H2,(H2,16,18). The van der Waals surface area contributed by atoms with Gasteiger partial charge in [0.1, 0.15) is 5.03 Å². The normalized spacial score (nSPS) is 10.1. The van der Waals surface area contributed by atoms with E-state index in [1.807, 2.05) is 18.2 Å². The predicted octanol–water partition coefficient (Wildman–Crippen LogP) is 2.53. The van der Waals surface area contributed by atoms with E-state index < -0.39 is 18.5 Å². The fourth-order valence-corrected chi connectivity index (χ4v) is 2.62. The van der Waals surface area contributed by atoms with Gasteiger partial charge in [0.15, 0.2) is 6.61 Å². The molecule has 0 fully saturated rings. The lowest BCUT2D eigenvalue weighted by atomic mass is 10.3. The summed E-state index contributed by atoms with van der Waals surface area (Å²) in [5.41, 5.74) is 5.20. The van der Waals surface area contributed by atoms with Crippen molar-refractivity contribution < 1.29 is 14.3 Å². The van der Waals surface area contributed by atoms with Gasteiger partial charge in [-0.1, -0.05) is 35.5 Å². The van der Waals surface area contributed by atoms with Crippen LogP contribution in [-0.2, 0) is 9.53 Å². The first-order valence-corrected chi connectivity index (χ1v) is 7.10. The zero-order valence-electron chi connectivity index (χ0n) is 10.8. The van der Waals surface area contributed by atoms with E-state index in [2.05, 4.69) is 4.98 Å². The van der Waals surface area contributed by atoms with E-state index in [-0.39, 0.29) is 5.56 Å². The number of hydrogen-bond donors (Lipinski definition) is 1. The van der Waals surface area contributed by atoms with Gasteiger partial charge in [-0.2, -0.15) is 0 Å². The van der Waals surface area contributed by atoms with Crippen LogP contribution < -0.4 is 5.73 Å². The third kappa shape index (κ3) is 4.21. The predicted molar refractivity (Wildman–Crippen MR) is 79.3 cm³/mol. The van der Waals surface area contributed by atoms with Gasteiger partial charge in [-0.3, -0.25) is 4.79 Å². The van der Waals surface area contributed by atoms with Crippen LogP contribution >= 0.6 is 23.4 Å². The van der Waals surface area contributed by atoms with Crippen LogP contribution in [0.3, 0.4) is 0 Å². The Morgan fingerprint density at radius 2 is 2.00 bits per heavy atom. The minimum Gasteiger partial charge on any atom is -0.452 e. The SMILES string of the molecule is NC(=O)COC(=O)c1cccnc1Sc1ccccc1Cl. The largest absolute Gasteiger partial charge is 0.452 e. The molecule has 1 heterocycles. The number of primary amides is 1. The Hall–Kier alpha value is -2.05. The van der Waals surface area contributed by atoms with Gasteiger partial charge in [-0.25, -0.2) is 9.78 Å². The van der Waals surface area contributed by atoms with Crippen molar-refractivity contribution in [1.82, 2.24) is 4.98 Å². The van der Waals surface area contributed by atoms with Gasteiger partial charge in [0.05, 0.1) is 10.6 Å². The number of pyridine rings is 1. The maximum atomic E-state index is 11.9. The Balaban J connectivity index is 2.23. The van der Waals surface area contributed by atoms with Crippen LogP contribution in [0.15, 0.2) is 52.5 Å². The molecule has 0 saturated heterocycles. The first-order chi connectivity index (χ1) is 10.1. The zero-order chi connectivity index (χ0) is 15.2. The van der Waals surface area contributed by atoms with Gasteiger partial charge in [0, 0.05) is 11.1 Å². The molecular weight excluding hydrogens is 312 g/mol. The third-order valence-corrected chi connectivity index (χ3v) is 3.92. The second-order valence-corrected chi connectivity index (χ2v) is 5.37. The van der Waals surface area contributed by atoms with Gasteiger partial charge < -0.3 is 10.5 Å². The molecule has 5 nitrogen and oxygen atoms in total. The van der Waals surface area contributed by atoms with Crippen LogP contribution in [0.2, 0.25) is 5.02 Å². The van der Waals surface area contributed by atoms with Crippen LogP contribution in [-0.4, -0.2) is 23.5 Å². The van der Waals surface area contributed by atoms with Gasteiger partial charge in [-0.15, -0.1) is 0 Å². The van der Waals surface area contributed by atoms with E-state index >= 15 is 0 Å². The molecule has 1 aromatic carbocycles. The Morgan fingerprint density at radius 1 is 1.24 bits per heavy atom. The summed E-state index contributed by atoms with van der Waals surface area (Å²) < 4.78 is 4.80. The van der Waals surface area contributed by atoms with Crippen molar-refractivity contribution in [3.63, 3.8) is 0 Å². The van der Waals surface area contributed by atoms with Crippen LogP contribution in [0.5, 0.6) is 0 Å². The van der Waals surface area contributed by atoms with Gasteiger partial charge in [-0.05, 0) is 24.3 Å². The number of carbonyl (C=O) groups is 2. The lowest BCUT2D eigenvalue weighted by molar-refractivity contribution is -0.121. The highest BCUT2D eigenvalue weighted by Crippen LogP contribution is 2.33. The number of nitrogens with zero attached hydrogens (tertiary/aromatic N) is 1. The number of amides is 1. The summed E-state index contributed by atoms with van der Waals surface area (Å²) in [6.07, 6.45) is 1.56. The molecule has 2 aromatic rings. The first-order valence-electron chi connectivity index (χ1n) is 5.91. The molecule has 21 heavy (non-hydrogen) atoms. The number of benzene rings is 1. The molecule has 1 aromatic heterocycles. The fourth-order valence-electron chi connectivity index (χ4n) is 1.47. The smallest absolute Gasteiger partial charge is 0.341 e. The molecule has 0 atom stereocenters. The summed E-state index contributed by atoms with van der Waals surface area (Å²) in [6, 6.07) is 10.4. The summed E-state index contributed by atoms with van der Waals surface area (Å²) in [4.78, 5) is 27.5. The van der Waals surface area contributed by atoms with Crippen LogP contribution in [0.25, 0.3) is 0 Å². The van der Waals surface area contributed by atoms with E-state index in [9.17, 15) is 9.59 Å². The van der Waals surface area contributed by atoms with Crippen molar-refractivity contribution in [3.05, 3.63) is 53.2 Å². The molecule has 108 valence electrons. The molecule has 1 amide bonds. The lowest BCUT2D eigenvalue weighted by Crippen LogP contribution is -2.21. The Morgan fingerprint density at radius 3 is 2.71 bits per heavy atom. The molecule has 0 radical (unpaired) electrons. The Bertz CT molecular complexity index is 679. The molecule has 0 aliphatic rings. The van der Waals surface area contributed by atoms with E-state index in [1.165, 1.54) is 11.8 Å². The highest BCUT2D eigenvalue weighted by Gasteiger charge is 2.16. The molecule has 2 rings (SSSR count). The molecule has 0 saturated carbocycles. The first kappa shape index (κ1) is 15.3. The van der Waals surface area contributed by atoms with E-state index in [1.54, 1.807) is 24.4 Å². The highest BCUT2D eigenvalue weighted by atomic mass is 35.5. The van der Waals surface area contributed by atoms with Crippen molar-refractivity contribution in [1.29, 1.82) is 0 Å². The topological polar surface area (TPSA) is 82.3 Å². The summed E-state index contributed by atoms with van der Waals surface area (Å²) in [6.45, 7) is -0.468. The van der Waals surface area contributed by atoms with Gasteiger partial charge in [0.2, 0.25) is 0 Å². The van der Waals surface area contributed by atoms with Crippen molar-refractivity contribution in [3.8, 4) is 0 Å². The van der Waals surface area contributed by atoms with E-state index in [0.29, 0.717) is 10.0 Å². The van der Waals surface area contributed by atoms with Gasteiger partial charge in [0.25, 0.3) is 5.91 Å². The molecular formula is C14H11ClN2O3S. The molecule has 2 N–H and O–H groups in total. The average molecular weight is 323 g/mol. The third-order valence-electron chi connectivity index (χ3n) is 2.38. The van der Waals surface area contributed by atoms with Crippen molar-refractivity contribution in [2.24, 2.45) is 5.73 Å². The van der Waals surface area contributed by atoms with Crippen molar-refractivity contribution in [2.75, 3.05) is 6.61 Å². The van der Waals surface area contributed by atoms with E-state index in [4.69, 9.17) is 22.1 Å². The minimum atomic E-state index is -0.715. The zero-order valence-corrected chi connectivity index (χ0v) is 12.4. The molecule has 7 heteroatoms. The molecule has 0 aliphatic heterocycles. The summed E-state index contributed by atoms with van der Waals surface area (Å²) in [5, 5.41) is 1.00. The number of esters is 1. The molecule has 0 unspecified atom stereocenters. The van der Waals surface area contributed by atoms with E-state index in [0.717, 1.165) is 4.90 Å². The number of halogens is 1. The summed E-state index contributed by atoms with van der Waals surface area (Å²) in [5.74, 6) is -1.37. The Labute approximate surface area is 130 Å². The monoisotopic (exact) mass is 322 g/mol. The minimum absolute atomic E-state index is 0.253. The summed E-state index contributed by atoms with van der Waals surface area (Å²) >= 11 is 7.33. The number of carbonyl (C=O) groups excluding carboxylic acids is 2. The lowest BCUT2D eigenvalue weighted by Gasteiger charge is -2.08. The quantitative estimate of drug-likeness (QED) is 0.855. The summed E-state index contributed by atoms with van der Waals surface area (Å²) in [7, 11) is 0. The maximum Gasteiger partial charge on any atom is 0.341 e. The molecule has 0 bridgehead atoms. The average Bonchev–Trinajstić information content (AvgIpc) is 2.47. The molecule has 0 aliphatic carbocycles. The van der Waals surface area contributed by atoms with Crippen molar-refractivity contribution >= 4 is 35.2 Å². The number of nitrogens with two attached hydrogens (primary N) is 1. The highest BCUT2D eigenvalue weighted by molar-refractivity contribution is 7.99. The fraction of sp³-hybridized carbons (Fsp3) is 0.0714. The number of ether oxygens (including phenoxy) is 1. The van der Waals surface area contributed by atoms with Gasteiger partial charge >= 0.3 is 5.97 Å². The second-order valence-electron chi connectivity index (χ2n) is 3.93. The van der Waals surface area contributed by atoms with Crippen LogP contribution in [0, 0.1) is 0 Å². The molecule has 0 spiro atoms. The number of rotatable bonds is 5. The number of hydrogen-bond acceptors (Lipinski definition) is 5. The Kier molecular flexibility index (Phi) is 5.19. The number of aromatic nitrogens is 1. The van der Waals surface area contributed by atoms with Crippen LogP contribution in [0.4, 0.5) is 0 Å². The van der Waals surface area contributed by atoms with Crippen molar-refractivity contribution in [2.45, 2.75) is 9.92 Å².